The summed E-state index contributed by atoms with van der Waals surface area (Å²) in [5, 5.41) is 0. The third-order valence-electron chi connectivity index (χ3n) is 4.17. The standard InChI is InChI=1S/C17H25NO3/c1-13-5-4-9-18(10-8-13)17(19)12-14-6-7-15(20-2)16(11-14)21-3/h6-7,11,13H,4-5,8-10,12H2,1-3H3. The molecule has 1 amide bonds. The highest BCUT2D eigenvalue weighted by molar-refractivity contribution is 5.79. The second-order valence-electron chi connectivity index (χ2n) is 5.78. The summed E-state index contributed by atoms with van der Waals surface area (Å²) in [6.45, 7) is 4.03. The lowest BCUT2D eigenvalue weighted by molar-refractivity contribution is -0.130. The van der Waals surface area contributed by atoms with Gasteiger partial charge in [0.1, 0.15) is 0 Å². The lowest BCUT2D eigenvalue weighted by Gasteiger charge is -2.20. The highest BCUT2D eigenvalue weighted by Gasteiger charge is 2.19. The van der Waals surface area contributed by atoms with Crippen molar-refractivity contribution in [3.05, 3.63) is 23.8 Å². The number of methoxy groups -OCH3 is 2. The monoisotopic (exact) mass is 291 g/mol. The Hall–Kier alpha value is -1.71. The summed E-state index contributed by atoms with van der Waals surface area (Å²) in [7, 11) is 3.22. The first-order valence-electron chi connectivity index (χ1n) is 7.62. The minimum atomic E-state index is 0.205. The Balaban J connectivity index is 2.02. The summed E-state index contributed by atoms with van der Waals surface area (Å²) in [5.41, 5.74) is 0.968. The summed E-state index contributed by atoms with van der Waals surface area (Å²) in [5.74, 6) is 2.30. The molecule has 1 aromatic rings. The Labute approximate surface area is 127 Å². The number of carbonyl (C=O) groups excluding carboxylic acids is 1. The fourth-order valence-electron chi connectivity index (χ4n) is 2.79. The van der Waals surface area contributed by atoms with Crippen molar-refractivity contribution >= 4 is 5.91 Å². The first-order chi connectivity index (χ1) is 10.1. The molecule has 4 heteroatoms. The van der Waals surface area contributed by atoms with Crippen LogP contribution < -0.4 is 9.47 Å². The number of hydrogen-bond acceptors (Lipinski definition) is 3. The minimum absolute atomic E-state index is 0.205. The van der Waals surface area contributed by atoms with Gasteiger partial charge >= 0.3 is 0 Å². The van der Waals surface area contributed by atoms with E-state index in [4.69, 9.17) is 9.47 Å². The average Bonchev–Trinajstić information content (AvgIpc) is 2.71. The van der Waals surface area contributed by atoms with Gasteiger partial charge in [-0.25, -0.2) is 0 Å². The Morgan fingerprint density at radius 2 is 1.95 bits per heavy atom. The summed E-state index contributed by atoms with van der Waals surface area (Å²) >= 11 is 0. The molecule has 0 N–H and O–H groups in total. The molecule has 116 valence electrons. The zero-order chi connectivity index (χ0) is 15.2. The molecule has 1 fully saturated rings. The van der Waals surface area contributed by atoms with Gasteiger partial charge in [0.05, 0.1) is 20.6 Å². The van der Waals surface area contributed by atoms with Crippen LogP contribution >= 0.6 is 0 Å². The topological polar surface area (TPSA) is 38.8 Å². The Bertz CT molecular complexity index is 487. The Kier molecular flexibility index (Phi) is 5.48. The summed E-state index contributed by atoms with van der Waals surface area (Å²) in [6.07, 6.45) is 3.87. The van der Waals surface area contributed by atoms with Gasteiger partial charge in [0.2, 0.25) is 5.91 Å². The Morgan fingerprint density at radius 1 is 1.19 bits per heavy atom. The van der Waals surface area contributed by atoms with Crippen LogP contribution in [0.1, 0.15) is 31.7 Å². The third-order valence-corrected chi connectivity index (χ3v) is 4.17. The molecule has 0 saturated carbocycles. The van der Waals surface area contributed by atoms with E-state index >= 15 is 0 Å². The second kappa shape index (κ2) is 7.34. The van der Waals surface area contributed by atoms with Crippen LogP contribution in [-0.4, -0.2) is 38.1 Å². The number of ether oxygens (including phenoxy) is 2. The number of hydrogen-bond donors (Lipinski definition) is 0. The van der Waals surface area contributed by atoms with Crippen molar-refractivity contribution in [3.8, 4) is 11.5 Å². The van der Waals surface area contributed by atoms with E-state index in [1.807, 2.05) is 23.1 Å². The van der Waals surface area contributed by atoms with E-state index in [1.54, 1.807) is 14.2 Å². The second-order valence-corrected chi connectivity index (χ2v) is 5.78. The lowest BCUT2D eigenvalue weighted by Crippen LogP contribution is -2.33. The molecule has 21 heavy (non-hydrogen) atoms. The molecule has 1 heterocycles. The van der Waals surface area contributed by atoms with E-state index in [0.29, 0.717) is 17.9 Å². The smallest absolute Gasteiger partial charge is 0.226 e. The average molecular weight is 291 g/mol. The van der Waals surface area contributed by atoms with Crippen LogP contribution in [-0.2, 0) is 11.2 Å². The number of rotatable bonds is 4. The molecule has 2 rings (SSSR count). The predicted molar refractivity (Wildman–Crippen MR) is 82.8 cm³/mol. The Morgan fingerprint density at radius 3 is 2.67 bits per heavy atom. The number of nitrogens with zero attached hydrogens (tertiary/aromatic N) is 1. The molecule has 0 radical (unpaired) electrons. The van der Waals surface area contributed by atoms with Crippen LogP contribution in [0.25, 0.3) is 0 Å². The fraction of sp³-hybridized carbons (Fsp3) is 0.588. The van der Waals surface area contributed by atoms with Crippen molar-refractivity contribution in [2.24, 2.45) is 5.92 Å². The maximum Gasteiger partial charge on any atom is 0.226 e. The third kappa shape index (κ3) is 4.13. The molecule has 0 aliphatic carbocycles. The molecular formula is C17H25NO3. The van der Waals surface area contributed by atoms with Crippen molar-refractivity contribution in [1.29, 1.82) is 0 Å². The van der Waals surface area contributed by atoms with Crippen LogP contribution in [0.4, 0.5) is 0 Å². The van der Waals surface area contributed by atoms with Gasteiger partial charge in [0.25, 0.3) is 0 Å². The minimum Gasteiger partial charge on any atom is -0.493 e. The maximum absolute atomic E-state index is 12.4. The quantitative estimate of drug-likeness (QED) is 0.856. The van der Waals surface area contributed by atoms with Crippen molar-refractivity contribution in [2.75, 3.05) is 27.3 Å². The predicted octanol–water partition coefficient (Wildman–Crippen LogP) is 2.89. The van der Waals surface area contributed by atoms with Crippen LogP contribution in [0.2, 0.25) is 0 Å². The van der Waals surface area contributed by atoms with Gasteiger partial charge in [-0.3, -0.25) is 4.79 Å². The van der Waals surface area contributed by atoms with Crippen molar-refractivity contribution in [3.63, 3.8) is 0 Å². The van der Waals surface area contributed by atoms with E-state index in [-0.39, 0.29) is 5.91 Å². The largest absolute Gasteiger partial charge is 0.493 e. The normalized spacial score (nSPS) is 19.0. The van der Waals surface area contributed by atoms with E-state index in [0.717, 1.165) is 37.4 Å². The molecule has 1 aromatic carbocycles. The van der Waals surface area contributed by atoms with E-state index < -0.39 is 0 Å². The molecule has 0 bridgehead atoms. The molecule has 0 spiro atoms. The zero-order valence-corrected chi connectivity index (χ0v) is 13.2. The molecule has 0 aromatic heterocycles. The number of amides is 1. The van der Waals surface area contributed by atoms with Gasteiger partial charge < -0.3 is 14.4 Å². The maximum atomic E-state index is 12.4. The summed E-state index contributed by atoms with van der Waals surface area (Å²) in [6, 6.07) is 5.67. The molecule has 4 nitrogen and oxygen atoms in total. The van der Waals surface area contributed by atoms with Crippen LogP contribution in [0.3, 0.4) is 0 Å². The first kappa shape index (κ1) is 15.7. The van der Waals surface area contributed by atoms with Gasteiger partial charge in [0, 0.05) is 13.1 Å². The van der Waals surface area contributed by atoms with E-state index in [1.165, 1.54) is 6.42 Å². The van der Waals surface area contributed by atoms with Crippen molar-refractivity contribution in [2.45, 2.75) is 32.6 Å². The molecule has 1 aliphatic heterocycles. The van der Waals surface area contributed by atoms with Gasteiger partial charge in [-0.05, 0) is 42.9 Å². The zero-order valence-electron chi connectivity index (χ0n) is 13.2. The number of benzene rings is 1. The van der Waals surface area contributed by atoms with Gasteiger partial charge in [-0.1, -0.05) is 13.0 Å². The van der Waals surface area contributed by atoms with Crippen LogP contribution in [0.5, 0.6) is 11.5 Å². The van der Waals surface area contributed by atoms with Crippen molar-refractivity contribution < 1.29 is 14.3 Å². The first-order valence-corrected chi connectivity index (χ1v) is 7.62. The van der Waals surface area contributed by atoms with Gasteiger partial charge in [0.15, 0.2) is 11.5 Å². The van der Waals surface area contributed by atoms with E-state index in [9.17, 15) is 4.79 Å². The van der Waals surface area contributed by atoms with Gasteiger partial charge in [-0.15, -0.1) is 0 Å². The highest BCUT2D eigenvalue weighted by atomic mass is 16.5. The summed E-state index contributed by atoms with van der Waals surface area (Å²) in [4.78, 5) is 14.4. The highest BCUT2D eigenvalue weighted by Crippen LogP contribution is 2.28. The number of carbonyl (C=O) groups is 1. The van der Waals surface area contributed by atoms with Crippen LogP contribution in [0, 0.1) is 5.92 Å². The van der Waals surface area contributed by atoms with Gasteiger partial charge in [-0.2, -0.15) is 0 Å². The lowest BCUT2D eigenvalue weighted by atomic mass is 10.0. The molecular weight excluding hydrogens is 266 g/mol. The fourth-order valence-corrected chi connectivity index (χ4v) is 2.79. The van der Waals surface area contributed by atoms with Crippen molar-refractivity contribution in [1.82, 2.24) is 4.90 Å². The molecule has 1 saturated heterocycles. The van der Waals surface area contributed by atoms with Crippen LogP contribution in [0.15, 0.2) is 18.2 Å². The number of likely N-dealkylation sites (tertiary alicyclic amines) is 1. The summed E-state index contributed by atoms with van der Waals surface area (Å²) < 4.78 is 10.5. The molecule has 1 atom stereocenters. The molecule has 1 unspecified atom stereocenters. The SMILES string of the molecule is COc1ccc(CC(=O)N2CCCC(C)CC2)cc1OC. The van der Waals surface area contributed by atoms with E-state index in [2.05, 4.69) is 6.92 Å². The molecule has 1 aliphatic rings.